The Kier molecular flexibility index (Phi) is 6.61. The predicted molar refractivity (Wildman–Crippen MR) is 65.4 cm³/mol. The first-order valence-corrected chi connectivity index (χ1v) is 6.06. The van der Waals surface area contributed by atoms with Crippen LogP contribution in [-0.4, -0.2) is 40.1 Å². The van der Waals surface area contributed by atoms with Crippen molar-refractivity contribution in [3.63, 3.8) is 0 Å². The number of thioether (sulfide) groups is 1. The van der Waals surface area contributed by atoms with Crippen LogP contribution in [0.2, 0.25) is 0 Å². The van der Waals surface area contributed by atoms with E-state index in [4.69, 9.17) is 16.1 Å². The topological polar surface area (TPSA) is 116 Å². The molecule has 0 aliphatic heterocycles. The van der Waals surface area contributed by atoms with Gasteiger partial charge in [0.15, 0.2) is 0 Å². The molecule has 0 rings (SSSR count). The van der Waals surface area contributed by atoms with Crippen molar-refractivity contribution >= 4 is 23.6 Å². The highest BCUT2D eigenvalue weighted by molar-refractivity contribution is 8.01. The third-order valence-corrected chi connectivity index (χ3v) is 3.55. The second-order valence-corrected chi connectivity index (χ2v) is 5.60. The lowest BCUT2D eigenvalue weighted by atomic mass is 10.1. The Morgan fingerprint density at radius 3 is 2.65 bits per heavy atom. The van der Waals surface area contributed by atoms with Gasteiger partial charge in [0.1, 0.15) is 6.04 Å². The summed E-state index contributed by atoms with van der Waals surface area (Å²) < 4.78 is -0.724. The summed E-state index contributed by atoms with van der Waals surface area (Å²) >= 11 is 1.18. The lowest BCUT2D eigenvalue weighted by molar-refractivity contribution is -0.139. The van der Waals surface area contributed by atoms with Crippen molar-refractivity contribution in [1.82, 2.24) is 5.32 Å². The predicted octanol–water partition coefficient (Wildman–Crippen LogP) is -0.0600. The largest absolute Gasteiger partial charge is 0.480 e. The Bertz CT molecular complexity index is 325. The fourth-order valence-electron chi connectivity index (χ4n) is 0.948. The van der Waals surface area contributed by atoms with Gasteiger partial charge in [-0.1, -0.05) is 0 Å². The van der Waals surface area contributed by atoms with Gasteiger partial charge in [0.25, 0.3) is 0 Å². The van der Waals surface area contributed by atoms with Crippen LogP contribution in [-0.2, 0) is 9.59 Å². The highest BCUT2D eigenvalue weighted by atomic mass is 32.2. The average Bonchev–Trinajstić information content (AvgIpc) is 2.25. The van der Waals surface area contributed by atoms with Gasteiger partial charge in [0.05, 0.1) is 18.2 Å². The molecule has 0 aliphatic carbocycles. The van der Waals surface area contributed by atoms with E-state index in [1.165, 1.54) is 11.8 Å². The van der Waals surface area contributed by atoms with Crippen molar-refractivity contribution in [3.05, 3.63) is 0 Å². The number of nitrogens with zero attached hydrogens (tertiary/aromatic N) is 1. The summed E-state index contributed by atoms with van der Waals surface area (Å²) in [7, 11) is 0. The first-order valence-electron chi connectivity index (χ1n) is 5.07. The molecule has 7 heteroatoms. The van der Waals surface area contributed by atoms with E-state index in [2.05, 4.69) is 5.32 Å². The molecule has 0 aromatic heterocycles. The van der Waals surface area contributed by atoms with E-state index in [-0.39, 0.29) is 18.1 Å². The van der Waals surface area contributed by atoms with Crippen LogP contribution in [0.5, 0.6) is 0 Å². The number of amides is 1. The van der Waals surface area contributed by atoms with Crippen LogP contribution in [0, 0.1) is 11.3 Å². The normalized spacial score (nSPS) is 12.6. The van der Waals surface area contributed by atoms with Crippen molar-refractivity contribution in [2.75, 3.05) is 12.3 Å². The van der Waals surface area contributed by atoms with Crippen LogP contribution in [0.3, 0.4) is 0 Å². The zero-order valence-corrected chi connectivity index (χ0v) is 10.7. The van der Waals surface area contributed by atoms with Gasteiger partial charge in [-0.3, -0.25) is 9.59 Å². The van der Waals surface area contributed by atoms with Crippen molar-refractivity contribution < 1.29 is 14.7 Å². The molecule has 1 atom stereocenters. The summed E-state index contributed by atoms with van der Waals surface area (Å²) in [5, 5.41) is 19.6. The van der Waals surface area contributed by atoms with Crippen LogP contribution in [0.4, 0.5) is 0 Å². The van der Waals surface area contributed by atoms with E-state index in [1.807, 2.05) is 6.07 Å². The number of rotatable bonds is 7. The monoisotopic (exact) mass is 259 g/mol. The molecular formula is C10H17N3O3S. The molecule has 0 saturated carbocycles. The number of hydrogen-bond donors (Lipinski definition) is 3. The third-order valence-electron chi connectivity index (χ3n) is 2.15. The molecule has 0 aromatic carbocycles. The second kappa shape index (κ2) is 7.14. The van der Waals surface area contributed by atoms with Crippen molar-refractivity contribution in [2.24, 2.45) is 5.73 Å². The van der Waals surface area contributed by atoms with Gasteiger partial charge in [0, 0.05) is 11.3 Å². The van der Waals surface area contributed by atoms with Gasteiger partial charge in [-0.25, -0.2) is 0 Å². The molecule has 0 saturated heterocycles. The summed E-state index contributed by atoms with van der Waals surface area (Å²) in [5.41, 5.74) is 5.51. The summed E-state index contributed by atoms with van der Waals surface area (Å²) in [6.45, 7) is 3.67. The van der Waals surface area contributed by atoms with Crippen LogP contribution in [0.15, 0.2) is 0 Å². The van der Waals surface area contributed by atoms with Gasteiger partial charge in [0.2, 0.25) is 5.91 Å². The van der Waals surface area contributed by atoms with E-state index >= 15 is 0 Å². The summed E-state index contributed by atoms with van der Waals surface area (Å²) in [6, 6.07) is 0.881. The Morgan fingerprint density at radius 2 is 2.18 bits per heavy atom. The lowest BCUT2D eigenvalue weighted by Crippen LogP contribution is -2.47. The van der Waals surface area contributed by atoms with Crippen LogP contribution >= 0.6 is 11.8 Å². The zero-order chi connectivity index (χ0) is 13.5. The minimum Gasteiger partial charge on any atom is -0.480 e. The molecule has 0 aliphatic rings. The quantitative estimate of drug-likeness (QED) is 0.551. The molecular weight excluding hydrogens is 242 g/mol. The Morgan fingerprint density at radius 1 is 1.59 bits per heavy atom. The second-order valence-electron chi connectivity index (χ2n) is 3.97. The highest BCUT2D eigenvalue weighted by Crippen LogP contribution is 2.27. The fourth-order valence-corrected chi connectivity index (χ4v) is 1.83. The molecule has 0 heterocycles. The van der Waals surface area contributed by atoms with E-state index in [1.54, 1.807) is 13.8 Å². The number of nitrogens with one attached hydrogen (secondary N) is 1. The number of carboxylic acid groups (broad SMARTS) is 1. The van der Waals surface area contributed by atoms with Crippen molar-refractivity contribution in [1.29, 1.82) is 5.26 Å². The molecule has 0 spiro atoms. The molecule has 0 aromatic rings. The number of carbonyl (C=O) groups excluding carboxylic acids is 1. The van der Waals surface area contributed by atoms with E-state index in [0.29, 0.717) is 6.54 Å². The molecule has 0 unspecified atom stereocenters. The number of hydrogen-bond acceptors (Lipinski definition) is 5. The first-order chi connectivity index (χ1) is 7.81. The van der Waals surface area contributed by atoms with Gasteiger partial charge < -0.3 is 16.2 Å². The summed E-state index contributed by atoms with van der Waals surface area (Å²) in [6.07, 6.45) is 0.258. The standard InChI is InChI=1S/C10H17N3O3S/c1-10(2,8(12)9(15)16)17-6-7(14)13-5-3-4-11/h8H,3,5-6,12H2,1-2H3,(H,13,14)(H,15,16)/t8-/m1/s1. The van der Waals surface area contributed by atoms with Crippen LogP contribution in [0.1, 0.15) is 20.3 Å². The lowest BCUT2D eigenvalue weighted by Gasteiger charge is -2.27. The van der Waals surface area contributed by atoms with Gasteiger partial charge in [-0.05, 0) is 13.8 Å². The van der Waals surface area contributed by atoms with Crippen molar-refractivity contribution in [2.45, 2.75) is 31.1 Å². The van der Waals surface area contributed by atoms with Crippen LogP contribution in [0.25, 0.3) is 0 Å². The molecule has 0 radical (unpaired) electrons. The Balaban J connectivity index is 4.05. The Labute approximate surface area is 105 Å². The molecule has 0 fully saturated rings. The molecule has 0 bridgehead atoms. The highest BCUT2D eigenvalue weighted by Gasteiger charge is 2.32. The van der Waals surface area contributed by atoms with Gasteiger partial charge >= 0.3 is 5.97 Å². The zero-order valence-electron chi connectivity index (χ0n) is 9.90. The molecule has 96 valence electrons. The SMILES string of the molecule is CC(C)(SCC(=O)NCCC#N)[C@H](N)C(=O)O. The molecule has 1 amide bonds. The van der Waals surface area contributed by atoms with Crippen LogP contribution < -0.4 is 11.1 Å². The van der Waals surface area contributed by atoms with Gasteiger partial charge in [-0.2, -0.15) is 5.26 Å². The maximum absolute atomic E-state index is 11.3. The summed E-state index contributed by atoms with van der Waals surface area (Å²) in [4.78, 5) is 22.1. The minimum absolute atomic E-state index is 0.124. The van der Waals surface area contributed by atoms with E-state index in [9.17, 15) is 9.59 Å². The molecule has 4 N–H and O–H groups in total. The van der Waals surface area contributed by atoms with Crippen molar-refractivity contribution in [3.8, 4) is 6.07 Å². The summed E-state index contributed by atoms with van der Waals surface area (Å²) in [5.74, 6) is -1.19. The Hall–Kier alpha value is -1.26. The minimum atomic E-state index is -1.09. The number of nitriles is 1. The number of carboxylic acids is 1. The maximum Gasteiger partial charge on any atom is 0.321 e. The number of aliphatic carboxylic acids is 1. The first kappa shape index (κ1) is 15.7. The number of nitrogens with two attached hydrogens (primary N) is 1. The van der Waals surface area contributed by atoms with E-state index in [0.717, 1.165) is 0 Å². The van der Waals surface area contributed by atoms with E-state index < -0.39 is 16.8 Å². The smallest absolute Gasteiger partial charge is 0.321 e. The maximum atomic E-state index is 11.3. The molecule has 6 nitrogen and oxygen atoms in total. The molecule has 17 heavy (non-hydrogen) atoms. The fraction of sp³-hybridized carbons (Fsp3) is 0.700. The average molecular weight is 259 g/mol. The number of carbonyl (C=O) groups is 2. The third kappa shape index (κ3) is 6.14. The van der Waals surface area contributed by atoms with Gasteiger partial charge in [-0.15, -0.1) is 11.8 Å².